The molecule has 1 N–H and O–H groups in total. The lowest BCUT2D eigenvalue weighted by molar-refractivity contribution is 0.560. The molecule has 19 heavy (non-hydrogen) atoms. The monoisotopic (exact) mass is 272 g/mol. The van der Waals surface area contributed by atoms with Crippen LogP contribution >= 0.6 is 0 Å². The van der Waals surface area contributed by atoms with Crippen LogP contribution in [0.1, 0.15) is 26.3 Å². The van der Waals surface area contributed by atoms with Gasteiger partial charge in [0.1, 0.15) is 0 Å². The van der Waals surface area contributed by atoms with Gasteiger partial charge < -0.3 is 5.32 Å². The van der Waals surface area contributed by atoms with Crippen LogP contribution < -0.4 is 5.32 Å². The van der Waals surface area contributed by atoms with E-state index < -0.39 is 14.1 Å². The number of nitrogens with one attached hydrogen (secondary N) is 1. The normalized spacial score (nSPS) is 13.4. The predicted octanol–water partition coefficient (Wildman–Crippen LogP) is 3.99. The van der Waals surface area contributed by atoms with Crippen molar-refractivity contribution in [3.63, 3.8) is 0 Å². The lowest BCUT2D eigenvalue weighted by Gasteiger charge is -2.32. The largest absolute Gasteiger partial charge is 0.323 e. The van der Waals surface area contributed by atoms with E-state index >= 15 is 0 Å². The summed E-state index contributed by atoms with van der Waals surface area (Å²) >= 11 is -0.886. The smallest absolute Gasteiger partial charge is 0.292 e. The van der Waals surface area contributed by atoms with Crippen molar-refractivity contribution in [3.8, 4) is 0 Å². The molecule has 1 aromatic carbocycles. The number of para-hydroxylation sites is 1. The minimum atomic E-state index is -0.886. The van der Waals surface area contributed by atoms with E-state index in [2.05, 4.69) is 60.1 Å². The molecule has 2 rings (SSSR count). The fourth-order valence-corrected chi connectivity index (χ4v) is 3.69. The van der Waals surface area contributed by atoms with Crippen LogP contribution in [0.3, 0.4) is 0 Å². The van der Waals surface area contributed by atoms with Gasteiger partial charge in [-0.25, -0.2) is 0 Å². The summed E-state index contributed by atoms with van der Waals surface area (Å²) in [6.45, 7) is 6.30. The Morgan fingerprint density at radius 3 is 2.32 bits per heavy atom. The summed E-state index contributed by atoms with van der Waals surface area (Å²) in [7, 11) is 2.05. The molecule has 102 valence electrons. The molecule has 0 radical (unpaired) electrons. The maximum absolute atomic E-state index is 4.56. The molecule has 0 bridgehead atoms. The average molecular weight is 272 g/mol. The Kier molecular flexibility index (Phi) is 6.00. The Hall–Kier alpha value is -0.878. The van der Waals surface area contributed by atoms with Gasteiger partial charge in [-0.05, 0) is 23.1 Å². The first-order valence-corrected chi connectivity index (χ1v) is 10.0. The maximum atomic E-state index is 4.56. The second-order valence-corrected chi connectivity index (χ2v) is 8.45. The first kappa shape index (κ1) is 16.2. The zero-order valence-electron chi connectivity index (χ0n) is 13.0. The van der Waals surface area contributed by atoms with Gasteiger partial charge in [0.2, 0.25) is 0 Å². The molecule has 0 aliphatic carbocycles. The van der Waals surface area contributed by atoms with Crippen molar-refractivity contribution < 1.29 is 0 Å². The molecule has 2 aromatic rings. The Morgan fingerprint density at radius 1 is 1.11 bits per heavy atom. The van der Waals surface area contributed by atoms with Crippen LogP contribution in [-0.2, 0) is 4.40 Å². The van der Waals surface area contributed by atoms with E-state index in [1.54, 1.807) is 0 Å². The molecule has 0 aliphatic rings. The highest BCUT2D eigenvalue weighted by molar-refractivity contribution is 6.59. The van der Waals surface area contributed by atoms with Gasteiger partial charge in [-0.3, -0.25) is 4.98 Å². The third-order valence-electron chi connectivity index (χ3n) is 3.87. The van der Waals surface area contributed by atoms with Gasteiger partial charge in [-0.15, -0.1) is 11.6 Å². The molecular weight excluding hydrogens is 247 g/mol. The van der Waals surface area contributed by atoms with Gasteiger partial charge in [0, 0.05) is 11.6 Å². The lowest BCUT2D eigenvalue weighted by Crippen LogP contribution is -2.47. The first-order valence-electron chi connectivity index (χ1n) is 7.12. The minimum absolute atomic E-state index is 0.0911. The van der Waals surface area contributed by atoms with Crippen molar-refractivity contribution >= 4 is 25.1 Å². The summed E-state index contributed by atoms with van der Waals surface area (Å²) in [5.41, 5.74) is 2.47. The van der Waals surface area contributed by atoms with Crippen molar-refractivity contribution in [1.29, 1.82) is 0 Å². The van der Waals surface area contributed by atoms with Crippen LogP contribution in [-0.4, -0.2) is 26.2 Å². The predicted molar refractivity (Wildman–Crippen MR) is 87.0 cm³/mol. The highest BCUT2D eigenvalue weighted by Gasteiger charge is 2.33. The fraction of sp³-hybridized carbons (Fsp3) is 0.438. The molecule has 1 atom stereocenters. The number of benzene rings is 1. The summed E-state index contributed by atoms with van der Waals surface area (Å²) in [5, 5.41) is 4.73. The molecular formula is C16H25AlN2. The summed E-state index contributed by atoms with van der Waals surface area (Å²) in [5.74, 6) is 4.75. The second kappa shape index (κ2) is 7.05. The van der Waals surface area contributed by atoms with Crippen molar-refractivity contribution in [1.82, 2.24) is 10.3 Å². The van der Waals surface area contributed by atoms with E-state index in [4.69, 9.17) is 0 Å². The van der Waals surface area contributed by atoms with Crippen molar-refractivity contribution in [3.05, 3.63) is 42.1 Å². The summed E-state index contributed by atoms with van der Waals surface area (Å²) in [6, 6.07) is 10.6. The molecule has 1 aromatic heterocycles. The van der Waals surface area contributed by atoms with Crippen LogP contribution in [0, 0.1) is 0 Å². The van der Waals surface area contributed by atoms with Crippen LogP contribution in [0.25, 0.3) is 10.9 Å². The Morgan fingerprint density at radius 2 is 1.74 bits per heavy atom. The topological polar surface area (TPSA) is 24.9 Å². The van der Waals surface area contributed by atoms with Crippen molar-refractivity contribution in [2.75, 3.05) is 7.05 Å². The molecule has 1 heterocycles. The second-order valence-electron chi connectivity index (χ2n) is 4.99. The van der Waals surface area contributed by atoms with E-state index in [0.717, 1.165) is 5.52 Å². The Balaban J connectivity index is 0.000000861. The molecule has 0 saturated carbocycles. The van der Waals surface area contributed by atoms with Crippen LogP contribution in [0.15, 0.2) is 36.5 Å². The number of hydrogen-bond acceptors (Lipinski definition) is 2. The Bertz CT molecular complexity index is 520. The fourth-order valence-electron chi connectivity index (χ4n) is 2.26. The van der Waals surface area contributed by atoms with E-state index in [1.165, 1.54) is 10.9 Å². The molecule has 0 spiro atoms. The SMILES string of the molecule is CC.CN[C@@](C)(c1cccc2cccnc12)[Al]([CH3])[CH3]. The molecule has 0 amide bonds. The molecule has 0 aliphatic heterocycles. The first-order chi connectivity index (χ1) is 9.09. The van der Waals surface area contributed by atoms with Crippen LogP contribution in [0.5, 0.6) is 0 Å². The number of nitrogens with zero attached hydrogens (tertiary/aromatic N) is 1. The number of hydrogen-bond donors (Lipinski definition) is 1. The molecule has 2 nitrogen and oxygen atoms in total. The number of pyridine rings is 1. The van der Waals surface area contributed by atoms with E-state index in [9.17, 15) is 0 Å². The molecule has 0 fully saturated rings. The van der Waals surface area contributed by atoms with Crippen molar-refractivity contribution in [2.24, 2.45) is 0 Å². The number of fused-ring (bicyclic) bond motifs is 1. The third kappa shape index (κ3) is 3.17. The van der Waals surface area contributed by atoms with Gasteiger partial charge >= 0.3 is 0 Å². The van der Waals surface area contributed by atoms with Gasteiger partial charge in [0.25, 0.3) is 14.1 Å². The third-order valence-corrected chi connectivity index (χ3v) is 6.78. The summed E-state index contributed by atoms with van der Waals surface area (Å²) in [6.07, 6.45) is 1.88. The highest BCUT2D eigenvalue weighted by atomic mass is 27.2. The van der Waals surface area contributed by atoms with Gasteiger partial charge in [-0.2, -0.15) is 0 Å². The van der Waals surface area contributed by atoms with E-state index in [0.29, 0.717) is 0 Å². The molecule has 0 saturated heterocycles. The number of aromatic nitrogens is 1. The van der Waals surface area contributed by atoms with Crippen LogP contribution in [0.4, 0.5) is 0 Å². The zero-order chi connectivity index (χ0) is 14.5. The summed E-state index contributed by atoms with van der Waals surface area (Å²) < 4.78 is 0.0911. The van der Waals surface area contributed by atoms with E-state index in [1.807, 2.05) is 26.1 Å². The zero-order valence-corrected chi connectivity index (χ0v) is 14.1. The van der Waals surface area contributed by atoms with Crippen molar-refractivity contribution in [2.45, 2.75) is 36.7 Å². The van der Waals surface area contributed by atoms with Gasteiger partial charge in [-0.1, -0.05) is 45.0 Å². The minimum Gasteiger partial charge on any atom is -0.323 e. The Labute approximate surface area is 121 Å². The highest BCUT2D eigenvalue weighted by Crippen LogP contribution is 2.29. The lowest BCUT2D eigenvalue weighted by atomic mass is 10.0. The standard InChI is InChI=1S/C12H13N2.C2H6.2CH3.Al/c1-9(13-2)11-7-3-5-10-6-4-8-14-12(10)11;1-2;;;/h3-8,13H,1-2H3;1-2H3;2*1H3;. The maximum Gasteiger partial charge on any atom is 0.292 e. The number of rotatable bonds is 3. The van der Waals surface area contributed by atoms with Gasteiger partial charge in [0.05, 0.1) is 5.52 Å². The van der Waals surface area contributed by atoms with E-state index in [-0.39, 0.29) is 4.40 Å². The quantitative estimate of drug-likeness (QED) is 0.855. The molecule has 3 heteroatoms. The summed E-state index contributed by atoms with van der Waals surface area (Å²) in [4.78, 5) is 4.56. The van der Waals surface area contributed by atoms with Crippen LogP contribution in [0.2, 0.25) is 11.6 Å². The molecule has 0 unspecified atom stereocenters. The van der Waals surface area contributed by atoms with Gasteiger partial charge in [0.15, 0.2) is 0 Å². The average Bonchev–Trinajstić information content (AvgIpc) is 2.47.